The maximum Gasteiger partial charge on any atom is 0.284 e. The minimum Gasteiger partial charge on any atom is -0.458 e. The number of anilines is 3. The Morgan fingerprint density at radius 3 is 2.54 bits per heavy atom. The summed E-state index contributed by atoms with van der Waals surface area (Å²) in [5.41, 5.74) is 9.35. The lowest BCUT2D eigenvalue weighted by Crippen LogP contribution is -2.55. The molecule has 1 aromatic carbocycles. The van der Waals surface area contributed by atoms with Gasteiger partial charge in [-0.2, -0.15) is 5.10 Å². The maximum absolute atomic E-state index is 11.4. The van der Waals surface area contributed by atoms with E-state index in [1.807, 2.05) is 0 Å². The van der Waals surface area contributed by atoms with E-state index >= 15 is 0 Å². The van der Waals surface area contributed by atoms with Gasteiger partial charge in [-0.3, -0.25) is 9.69 Å². The molecule has 0 spiro atoms. The van der Waals surface area contributed by atoms with Gasteiger partial charge in [-0.1, -0.05) is 0 Å². The average molecular weight is 473 g/mol. The van der Waals surface area contributed by atoms with Gasteiger partial charge in [-0.25, -0.2) is 14.5 Å². The summed E-state index contributed by atoms with van der Waals surface area (Å²) >= 11 is 0. The summed E-state index contributed by atoms with van der Waals surface area (Å²) in [6, 6.07) is 11.9. The zero-order valence-electron chi connectivity index (χ0n) is 19.8. The summed E-state index contributed by atoms with van der Waals surface area (Å²) in [5.74, 6) is 0.0356. The number of rotatable bonds is 6. The number of hydrogen-bond donors (Lipinski definition) is 2. The van der Waals surface area contributed by atoms with Crippen LogP contribution in [0.5, 0.6) is 0 Å². The fourth-order valence-corrected chi connectivity index (χ4v) is 5.33. The number of nitrogens with zero attached hydrogens (tertiary/aromatic N) is 6. The van der Waals surface area contributed by atoms with Crippen LogP contribution in [0, 0.1) is 0 Å². The minimum atomic E-state index is -0.629. The fraction of sp³-hybridized carbons (Fsp3) is 0.360. The highest BCUT2D eigenvalue weighted by molar-refractivity contribution is 5.91. The number of likely N-dealkylation sites (tertiary alicyclic amines) is 1. The van der Waals surface area contributed by atoms with Crippen molar-refractivity contribution in [3.05, 3.63) is 54.9 Å². The van der Waals surface area contributed by atoms with Gasteiger partial charge in [0.2, 0.25) is 0 Å². The van der Waals surface area contributed by atoms with Crippen molar-refractivity contribution >= 4 is 28.7 Å². The number of furan rings is 1. The van der Waals surface area contributed by atoms with Gasteiger partial charge in [-0.05, 0) is 57.0 Å². The minimum absolute atomic E-state index is 0.0783. The molecule has 2 aliphatic rings. The monoisotopic (exact) mass is 472 g/mol. The van der Waals surface area contributed by atoms with Crippen LogP contribution >= 0.6 is 0 Å². The molecule has 2 bridgehead atoms. The van der Waals surface area contributed by atoms with Gasteiger partial charge in [0.1, 0.15) is 12.6 Å². The molecule has 3 N–H and O–H groups in total. The van der Waals surface area contributed by atoms with Gasteiger partial charge < -0.3 is 20.4 Å². The van der Waals surface area contributed by atoms with Crippen molar-refractivity contribution in [2.45, 2.75) is 44.8 Å². The van der Waals surface area contributed by atoms with Crippen molar-refractivity contribution in [2.75, 3.05) is 23.3 Å². The fourth-order valence-electron chi connectivity index (χ4n) is 5.33. The first-order valence-corrected chi connectivity index (χ1v) is 11.9. The van der Waals surface area contributed by atoms with E-state index in [0.29, 0.717) is 40.8 Å². The molecule has 0 saturated carbocycles. The number of nitrogens with two attached hydrogens (primary N) is 1. The predicted molar refractivity (Wildman–Crippen MR) is 133 cm³/mol. The molecule has 1 amide bonds. The van der Waals surface area contributed by atoms with E-state index in [0.717, 1.165) is 18.8 Å². The normalized spacial score (nSPS) is 20.1. The van der Waals surface area contributed by atoms with Crippen molar-refractivity contribution in [3.63, 3.8) is 0 Å². The molecule has 2 unspecified atom stereocenters. The molecule has 10 heteroatoms. The van der Waals surface area contributed by atoms with Gasteiger partial charge in [0.25, 0.3) is 5.91 Å². The Morgan fingerprint density at radius 1 is 1.14 bits per heavy atom. The molecule has 10 nitrogen and oxygen atoms in total. The number of carbonyl (C=O) groups is 1. The van der Waals surface area contributed by atoms with Crippen molar-refractivity contribution in [1.29, 1.82) is 0 Å². The first-order chi connectivity index (χ1) is 17.0. The summed E-state index contributed by atoms with van der Waals surface area (Å²) in [6.07, 6.45) is 7.10. The summed E-state index contributed by atoms with van der Waals surface area (Å²) in [7, 11) is 0. The molecular weight excluding hydrogens is 444 g/mol. The number of benzene rings is 1. The number of fused-ring (bicyclic) bond motifs is 3. The van der Waals surface area contributed by atoms with E-state index in [4.69, 9.17) is 10.2 Å². The molecule has 0 radical (unpaired) electrons. The van der Waals surface area contributed by atoms with Crippen molar-refractivity contribution in [3.8, 4) is 11.3 Å². The second-order valence-corrected chi connectivity index (χ2v) is 9.56. The molecule has 2 saturated heterocycles. The smallest absolute Gasteiger partial charge is 0.284 e. The molecule has 2 aliphatic heterocycles. The van der Waals surface area contributed by atoms with Crippen LogP contribution in [0.25, 0.3) is 16.9 Å². The molecule has 3 aromatic heterocycles. The highest BCUT2D eigenvalue weighted by atomic mass is 16.3. The molecule has 35 heavy (non-hydrogen) atoms. The van der Waals surface area contributed by atoms with Gasteiger partial charge >= 0.3 is 0 Å². The molecule has 2 atom stereocenters. The lowest BCUT2D eigenvalue weighted by Gasteiger charge is -2.44. The third kappa shape index (κ3) is 3.79. The van der Waals surface area contributed by atoms with Crippen LogP contribution in [0.2, 0.25) is 0 Å². The average Bonchev–Trinajstić information content (AvgIpc) is 3.58. The molecule has 6 rings (SSSR count). The Labute approximate surface area is 202 Å². The van der Waals surface area contributed by atoms with Crippen LogP contribution in [-0.4, -0.2) is 61.6 Å². The molecule has 0 aliphatic carbocycles. The van der Waals surface area contributed by atoms with Crippen molar-refractivity contribution < 1.29 is 9.21 Å². The number of primary amides is 1. The van der Waals surface area contributed by atoms with Gasteiger partial charge in [0.05, 0.1) is 11.9 Å². The molecule has 2 fully saturated rings. The molecule has 180 valence electrons. The zero-order valence-corrected chi connectivity index (χ0v) is 19.8. The second-order valence-electron chi connectivity index (χ2n) is 9.56. The Balaban J connectivity index is 1.23. The Morgan fingerprint density at radius 2 is 1.89 bits per heavy atom. The van der Waals surface area contributed by atoms with Crippen LogP contribution in [0.1, 0.15) is 37.2 Å². The highest BCUT2D eigenvalue weighted by Crippen LogP contribution is 2.36. The summed E-state index contributed by atoms with van der Waals surface area (Å²) in [6.45, 7) is 6.84. The van der Waals surface area contributed by atoms with E-state index in [9.17, 15) is 4.79 Å². The summed E-state index contributed by atoms with van der Waals surface area (Å²) < 4.78 is 6.90. The third-order valence-corrected chi connectivity index (χ3v) is 7.11. The zero-order chi connectivity index (χ0) is 24.1. The number of carbonyl (C=O) groups excluding carboxylic acids is 1. The number of hydrogen-bond acceptors (Lipinski definition) is 8. The standard InChI is InChI=1S/C25H28N8O2/c1-15(2)31-11-19-7-8-20(12-31)32(19)18-5-3-17(4-6-18)30-24-25-28-14-29-33(25)21(10-27-24)16-9-22(23(26)34)35-13-16/h3-6,9-10,13-15,19-20H,7-8,11-12H2,1-2H3,(H2,26,34)(H,27,30). The lowest BCUT2D eigenvalue weighted by atomic mass is 10.1. The van der Waals surface area contributed by atoms with Crippen molar-refractivity contribution in [1.82, 2.24) is 24.5 Å². The predicted octanol–water partition coefficient (Wildman–Crippen LogP) is 3.29. The van der Waals surface area contributed by atoms with E-state index in [-0.39, 0.29) is 5.76 Å². The van der Waals surface area contributed by atoms with E-state index in [2.05, 4.69) is 68.3 Å². The van der Waals surface area contributed by atoms with E-state index < -0.39 is 5.91 Å². The van der Waals surface area contributed by atoms with Gasteiger partial charge in [0.15, 0.2) is 17.2 Å². The number of amides is 1. The van der Waals surface area contributed by atoms with Gasteiger partial charge in [0, 0.05) is 48.2 Å². The SMILES string of the molecule is CC(C)N1CC2CCC(C1)N2c1ccc(Nc2ncc(-c3coc(C(N)=O)c3)n3ncnc23)cc1. The largest absolute Gasteiger partial charge is 0.458 e. The topological polar surface area (TPSA) is 118 Å². The molecule has 5 heterocycles. The maximum atomic E-state index is 11.4. The first-order valence-electron chi connectivity index (χ1n) is 11.9. The van der Waals surface area contributed by atoms with E-state index in [1.54, 1.807) is 16.8 Å². The Kier molecular flexibility index (Phi) is 5.18. The van der Waals surface area contributed by atoms with Crippen LogP contribution in [0.4, 0.5) is 17.2 Å². The number of piperazine rings is 1. The van der Waals surface area contributed by atoms with Gasteiger partial charge in [-0.15, -0.1) is 0 Å². The Bertz CT molecular complexity index is 1360. The first kappa shape index (κ1) is 21.6. The number of aromatic nitrogens is 4. The van der Waals surface area contributed by atoms with Crippen LogP contribution in [0.3, 0.4) is 0 Å². The quantitative estimate of drug-likeness (QED) is 0.439. The summed E-state index contributed by atoms with van der Waals surface area (Å²) in [5, 5.41) is 7.69. The van der Waals surface area contributed by atoms with Crippen LogP contribution < -0.4 is 16.0 Å². The molecular formula is C25H28N8O2. The molecule has 4 aromatic rings. The lowest BCUT2D eigenvalue weighted by molar-refractivity contribution is 0.0974. The highest BCUT2D eigenvalue weighted by Gasteiger charge is 2.40. The van der Waals surface area contributed by atoms with E-state index in [1.165, 1.54) is 31.1 Å². The Hall–Kier alpha value is -3.92. The second kappa shape index (κ2) is 8.38. The third-order valence-electron chi connectivity index (χ3n) is 7.11. The van der Waals surface area contributed by atoms with Crippen LogP contribution in [0.15, 0.2) is 53.5 Å². The summed E-state index contributed by atoms with van der Waals surface area (Å²) in [4.78, 5) is 25.5. The van der Waals surface area contributed by atoms with Crippen LogP contribution in [-0.2, 0) is 0 Å². The number of nitrogens with one attached hydrogen (secondary N) is 1. The van der Waals surface area contributed by atoms with Crippen molar-refractivity contribution in [2.24, 2.45) is 5.73 Å².